The van der Waals surface area contributed by atoms with Crippen LogP contribution in [0.5, 0.6) is 0 Å². The molecule has 0 bridgehead atoms. The van der Waals surface area contributed by atoms with Crippen LogP contribution in [0.25, 0.3) is 0 Å². The molecule has 0 atom stereocenters. The van der Waals surface area contributed by atoms with Gasteiger partial charge in [0.15, 0.2) is 0 Å². The molecule has 5 heavy (non-hydrogen) atoms. The molecule has 0 fully saturated rings. The average molecular weight is 146 g/mol. The zero-order valence-corrected chi connectivity index (χ0v) is 3.80. The Bertz CT molecular complexity index is 23.6. The monoisotopic (exact) mass is 145 g/mol. The topological polar surface area (TPSA) is 12.0 Å². The van der Waals surface area contributed by atoms with E-state index in [-0.39, 0.29) is 0 Å². The summed E-state index contributed by atoms with van der Waals surface area (Å²) in [6.07, 6.45) is 0. The molecule has 0 saturated carbocycles. The Morgan fingerprint density at radius 3 is 1.80 bits per heavy atom. The molecule has 4 heteroatoms. The van der Waals surface area contributed by atoms with Gasteiger partial charge < -0.3 is 0 Å². The molecule has 0 aliphatic heterocycles. The van der Waals surface area contributed by atoms with E-state index >= 15 is 0 Å². The van der Waals surface area contributed by atoms with Crippen LogP contribution in [0, 0.1) is 0 Å². The van der Waals surface area contributed by atoms with Crippen molar-refractivity contribution in [2.45, 2.75) is 6.55 Å². The van der Waals surface area contributed by atoms with Crippen LogP contribution in [0.15, 0.2) is 0 Å². The van der Waals surface area contributed by atoms with Gasteiger partial charge in [-0.1, -0.05) is 0 Å². The molecule has 1 N–H and O–H groups in total. The van der Waals surface area contributed by atoms with E-state index in [1.165, 1.54) is 4.34 Å². The second kappa shape index (κ2) is 2.53. The minimum atomic E-state index is -2.45. The van der Waals surface area contributed by atoms with Crippen LogP contribution in [-0.4, -0.2) is 6.55 Å². The largest absolute Gasteiger partial charge is 0.301 e. The summed E-state index contributed by atoms with van der Waals surface area (Å²) in [4.78, 5) is 0. The highest BCUT2D eigenvalue weighted by molar-refractivity contribution is 9.08. The molecule has 0 aliphatic carbocycles. The molecule has 32 valence electrons. The van der Waals surface area contributed by atoms with Gasteiger partial charge in [0, 0.05) is 16.1 Å². The van der Waals surface area contributed by atoms with E-state index in [4.69, 9.17) is 0 Å². The molecule has 0 aromatic carbocycles. The zero-order chi connectivity index (χ0) is 4.28. The van der Waals surface area contributed by atoms with Crippen molar-refractivity contribution in [3.63, 3.8) is 0 Å². The molecule has 0 saturated heterocycles. The molecule has 0 radical (unpaired) electrons. The second-order valence-corrected chi connectivity index (χ2v) is 0.868. The molecule has 0 aromatic rings. The minimum Gasteiger partial charge on any atom is -0.197 e. The van der Waals surface area contributed by atoms with Crippen LogP contribution in [0.4, 0.5) is 8.78 Å². The first-order valence-electron chi connectivity index (χ1n) is 0.914. The van der Waals surface area contributed by atoms with Crippen molar-refractivity contribution < 1.29 is 8.78 Å². The fraction of sp³-hybridized carbons (Fsp3) is 1.00. The third-order valence-corrected chi connectivity index (χ3v) is 0.429. The Morgan fingerprint density at radius 1 is 1.60 bits per heavy atom. The summed E-state index contributed by atoms with van der Waals surface area (Å²) in [6.45, 7) is -2.45. The predicted molar refractivity (Wildman–Crippen MR) is 18.1 cm³/mol. The Morgan fingerprint density at radius 2 is 1.80 bits per heavy atom. The molecule has 0 heterocycles. The van der Waals surface area contributed by atoms with E-state index in [0.717, 1.165) is 0 Å². The summed E-state index contributed by atoms with van der Waals surface area (Å²) in [5, 5.41) is 0. The number of halogens is 3. The third kappa shape index (κ3) is 4.30. The van der Waals surface area contributed by atoms with E-state index in [2.05, 4.69) is 16.1 Å². The van der Waals surface area contributed by atoms with E-state index in [9.17, 15) is 8.78 Å². The maximum absolute atomic E-state index is 10.6. The maximum atomic E-state index is 10.6. The van der Waals surface area contributed by atoms with Gasteiger partial charge in [-0.2, -0.15) is 13.1 Å². The van der Waals surface area contributed by atoms with Crippen LogP contribution in [0.3, 0.4) is 0 Å². The Hall–Kier alpha value is 0.300. The van der Waals surface area contributed by atoms with Gasteiger partial charge >= 0.3 is 6.55 Å². The molecule has 0 aromatic heterocycles. The van der Waals surface area contributed by atoms with E-state index in [1.807, 2.05) is 0 Å². The van der Waals surface area contributed by atoms with Crippen LogP contribution < -0.4 is 4.34 Å². The van der Waals surface area contributed by atoms with Crippen LogP contribution in [0.1, 0.15) is 0 Å². The van der Waals surface area contributed by atoms with Crippen LogP contribution in [-0.2, 0) is 0 Å². The van der Waals surface area contributed by atoms with Crippen molar-refractivity contribution in [2.24, 2.45) is 0 Å². The van der Waals surface area contributed by atoms with Gasteiger partial charge in [-0.05, 0) is 0 Å². The first-order valence-corrected chi connectivity index (χ1v) is 1.71. The average Bonchev–Trinajstić information content (AvgIpc) is 1.38. The van der Waals surface area contributed by atoms with Gasteiger partial charge in [0.25, 0.3) is 0 Å². The molecule has 0 rings (SSSR count). The number of rotatable bonds is 1. The van der Waals surface area contributed by atoms with Gasteiger partial charge in [0.2, 0.25) is 0 Å². The summed E-state index contributed by atoms with van der Waals surface area (Å²) in [5.74, 6) is 0. The lowest BCUT2D eigenvalue weighted by Crippen LogP contribution is -2.04. The van der Waals surface area contributed by atoms with Gasteiger partial charge in [-0.3, -0.25) is 0 Å². The molecule has 0 amide bonds. The summed E-state index contributed by atoms with van der Waals surface area (Å²) < 4.78 is 22.7. The maximum Gasteiger partial charge on any atom is 0.301 e. The lowest BCUT2D eigenvalue weighted by atomic mass is 11.4. The molecule has 0 unspecified atom stereocenters. The number of nitrogens with one attached hydrogen (secondary N) is 1. The molecular formula is CH2BrF2N. The van der Waals surface area contributed by atoms with Gasteiger partial charge in [-0.25, -0.2) is 0 Å². The van der Waals surface area contributed by atoms with Gasteiger partial charge in [0.05, 0.1) is 0 Å². The summed E-state index contributed by atoms with van der Waals surface area (Å²) in [6, 6.07) is 0. The van der Waals surface area contributed by atoms with Crippen molar-refractivity contribution >= 4 is 16.1 Å². The van der Waals surface area contributed by atoms with Crippen molar-refractivity contribution in [3.05, 3.63) is 0 Å². The molecule has 0 spiro atoms. The zero-order valence-electron chi connectivity index (χ0n) is 2.21. The quantitative estimate of drug-likeness (QED) is 0.431. The molecule has 1 nitrogen and oxygen atoms in total. The minimum absolute atomic E-state index is 1.51. The second-order valence-electron chi connectivity index (χ2n) is 0.410. The van der Waals surface area contributed by atoms with Gasteiger partial charge in [0.1, 0.15) is 0 Å². The Balaban J connectivity index is 2.54. The fourth-order valence-electron chi connectivity index (χ4n) is 0. The summed E-state index contributed by atoms with van der Waals surface area (Å²) in [5.41, 5.74) is 0. The number of alkyl halides is 2. The van der Waals surface area contributed by atoms with E-state index < -0.39 is 6.55 Å². The summed E-state index contributed by atoms with van der Waals surface area (Å²) in [7, 11) is 0. The van der Waals surface area contributed by atoms with Crippen molar-refractivity contribution in [1.29, 1.82) is 0 Å². The van der Waals surface area contributed by atoms with Crippen molar-refractivity contribution in [3.8, 4) is 0 Å². The smallest absolute Gasteiger partial charge is 0.197 e. The first kappa shape index (κ1) is 5.30. The first-order chi connectivity index (χ1) is 2.27. The summed E-state index contributed by atoms with van der Waals surface area (Å²) >= 11 is 2.31. The normalized spacial score (nSPS) is 9.60. The highest BCUT2D eigenvalue weighted by atomic mass is 79.9. The van der Waals surface area contributed by atoms with E-state index in [1.54, 1.807) is 0 Å². The lowest BCUT2D eigenvalue weighted by Gasteiger charge is -1.83. The Kier molecular flexibility index (Phi) is 2.68. The van der Waals surface area contributed by atoms with Crippen LogP contribution in [0.2, 0.25) is 0 Å². The predicted octanol–water partition coefficient (Wildman–Crippen LogP) is 1.11. The number of hydrogen-bond acceptors (Lipinski definition) is 1. The number of hydrogen-bond donors (Lipinski definition) is 1. The van der Waals surface area contributed by atoms with Crippen molar-refractivity contribution in [2.75, 3.05) is 0 Å². The fourth-order valence-corrected chi connectivity index (χ4v) is 0. The van der Waals surface area contributed by atoms with Crippen molar-refractivity contribution in [1.82, 2.24) is 4.34 Å². The lowest BCUT2D eigenvalue weighted by molar-refractivity contribution is 0.142. The van der Waals surface area contributed by atoms with Crippen LogP contribution >= 0.6 is 16.1 Å². The highest BCUT2D eigenvalue weighted by Gasteiger charge is 1.90. The third-order valence-electron chi connectivity index (χ3n) is 0.0825. The SMILES string of the molecule is FC(F)NBr. The highest BCUT2D eigenvalue weighted by Crippen LogP contribution is 1.85. The Labute approximate surface area is 36.7 Å². The molecule has 0 aliphatic rings. The van der Waals surface area contributed by atoms with E-state index in [0.29, 0.717) is 0 Å². The standard InChI is InChI=1S/CH2BrF2N/c2-5-1(3)4/h1,5H. The molecular weight excluding hydrogens is 144 g/mol. The van der Waals surface area contributed by atoms with Gasteiger partial charge in [-0.15, -0.1) is 0 Å².